The average molecular weight is 392 g/mol. The number of nitrogens with zero attached hydrogens (tertiary/aromatic N) is 5. The van der Waals surface area contributed by atoms with E-state index < -0.39 is 0 Å². The number of halogens is 1. The summed E-state index contributed by atoms with van der Waals surface area (Å²) in [6.45, 7) is 4.32. The summed E-state index contributed by atoms with van der Waals surface area (Å²) in [6, 6.07) is 13.5. The van der Waals surface area contributed by atoms with Gasteiger partial charge < -0.3 is 15.1 Å². The highest BCUT2D eigenvalue weighted by Crippen LogP contribution is 2.18. The first kappa shape index (κ1) is 18.8. The Morgan fingerprint density at radius 3 is 2.59 bits per heavy atom. The lowest BCUT2D eigenvalue weighted by molar-refractivity contribution is 0.0740. The summed E-state index contributed by atoms with van der Waals surface area (Å²) in [6.07, 6.45) is 1.77. The molecule has 4 rings (SSSR count). The summed E-state index contributed by atoms with van der Waals surface area (Å²) in [5.41, 5.74) is 0.883. The molecule has 0 radical (unpaired) electrons. The number of hydrogen-bond donors (Lipinski definition) is 1. The average Bonchev–Trinajstić information content (AvgIpc) is 2.73. The first-order valence-electron chi connectivity index (χ1n) is 9.42. The standard InChI is InChI=1S/C21H21FN6O/c1-15-24-18(14-19(25-15)26-17-6-4-5-16(22)13-17)21(29)28-11-9-27(10-12-28)20-7-2-3-8-23-20/h2-8,13-14H,9-12H2,1H3,(H,24,25,26). The molecule has 7 nitrogen and oxygen atoms in total. The van der Waals surface area contributed by atoms with E-state index >= 15 is 0 Å². The monoisotopic (exact) mass is 392 g/mol. The molecule has 1 fully saturated rings. The van der Waals surface area contributed by atoms with Crippen LogP contribution >= 0.6 is 0 Å². The number of carbonyl (C=O) groups is 1. The molecule has 1 aliphatic heterocycles. The van der Waals surface area contributed by atoms with Crippen LogP contribution in [0.25, 0.3) is 0 Å². The number of nitrogens with one attached hydrogen (secondary N) is 1. The molecule has 1 aliphatic rings. The van der Waals surface area contributed by atoms with Gasteiger partial charge in [0.2, 0.25) is 0 Å². The van der Waals surface area contributed by atoms with Gasteiger partial charge in [-0.05, 0) is 37.3 Å². The molecule has 2 aromatic heterocycles. The van der Waals surface area contributed by atoms with Gasteiger partial charge in [0, 0.05) is 44.1 Å². The number of benzene rings is 1. The molecule has 1 aromatic carbocycles. The van der Waals surface area contributed by atoms with E-state index in [1.54, 1.807) is 36.2 Å². The van der Waals surface area contributed by atoms with E-state index in [0.29, 0.717) is 49.2 Å². The molecule has 3 aromatic rings. The van der Waals surface area contributed by atoms with E-state index in [4.69, 9.17) is 0 Å². The molecular formula is C21H21FN6O. The maximum Gasteiger partial charge on any atom is 0.272 e. The lowest BCUT2D eigenvalue weighted by atomic mass is 10.2. The topological polar surface area (TPSA) is 74.2 Å². The molecule has 148 valence electrons. The molecular weight excluding hydrogens is 371 g/mol. The van der Waals surface area contributed by atoms with Gasteiger partial charge in [0.25, 0.3) is 5.91 Å². The van der Waals surface area contributed by atoms with Gasteiger partial charge >= 0.3 is 0 Å². The summed E-state index contributed by atoms with van der Waals surface area (Å²) in [7, 11) is 0. The van der Waals surface area contributed by atoms with Gasteiger partial charge in [-0.3, -0.25) is 4.79 Å². The minimum Gasteiger partial charge on any atom is -0.353 e. The summed E-state index contributed by atoms with van der Waals surface area (Å²) in [5.74, 6) is 1.36. The number of aryl methyl sites for hydroxylation is 1. The second kappa shape index (κ2) is 8.22. The van der Waals surface area contributed by atoms with E-state index in [9.17, 15) is 9.18 Å². The van der Waals surface area contributed by atoms with E-state index in [1.165, 1.54) is 12.1 Å². The summed E-state index contributed by atoms with van der Waals surface area (Å²) < 4.78 is 13.4. The van der Waals surface area contributed by atoms with Crippen molar-refractivity contribution < 1.29 is 9.18 Å². The van der Waals surface area contributed by atoms with E-state index in [1.807, 2.05) is 18.2 Å². The molecule has 0 aliphatic carbocycles. The van der Waals surface area contributed by atoms with Crippen LogP contribution in [-0.4, -0.2) is 51.9 Å². The number of amides is 1. The number of piperazine rings is 1. The fraction of sp³-hybridized carbons (Fsp3) is 0.238. The number of pyridine rings is 1. The molecule has 0 saturated carbocycles. The number of anilines is 3. The predicted molar refractivity (Wildman–Crippen MR) is 109 cm³/mol. The molecule has 1 saturated heterocycles. The van der Waals surface area contributed by atoms with Crippen molar-refractivity contribution in [1.29, 1.82) is 0 Å². The maximum absolute atomic E-state index is 13.4. The largest absolute Gasteiger partial charge is 0.353 e. The minimum absolute atomic E-state index is 0.140. The van der Waals surface area contributed by atoms with Gasteiger partial charge in [0.1, 0.15) is 29.0 Å². The van der Waals surface area contributed by atoms with Gasteiger partial charge in [-0.15, -0.1) is 0 Å². The number of rotatable bonds is 4. The van der Waals surface area contributed by atoms with Gasteiger partial charge in [0.05, 0.1) is 0 Å². The number of carbonyl (C=O) groups excluding carboxylic acids is 1. The molecule has 0 bridgehead atoms. The third-order valence-electron chi connectivity index (χ3n) is 4.69. The van der Waals surface area contributed by atoms with Crippen molar-refractivity contribution in [3.05, 3.63) is 72.1 Å². The Bertz CT molecular complexity index is 1010. The van der Waals surface area contributed by atoms with Crippen LogP contribution in [-0.2, 0) is 0 Å². The Labute approximate surface area is 168 Å². The van der Waals surface area contributed by atoms with Crippen molar-refractivity contribution in [3.63, 3.8) is 0 Å². The van der Waals surface area contributed by atoms with Crippen LogP contribution in [0.4, 0.5) is 21.7 Å². The highest BCUT2D eigenvalue weighted by molar-refractivity contribution is 5.93. The van der Waals surface area contributed by atoms with Crippen molar-refractivity contribution in [2.24, 2.45) is 0 Å². The van der Waals surface area contributed by atoms with Crippen LogP contribution in [0.3, 0.4) is 0 Å². The van der Waals surface area contributed by atoms with Crippen molar-refractivity contribution in [1.82, 2.24) is 19.9 Å². The number of aromatic nitrogens is 3. The normalized spacial score (nSPS) is 14.0. The molecule has 8 heteroatoms. The Morgan fingerprint density at radius 2 is 1.86 bits per heavy atom. The molecule has 0 atom stereocenters. The first-order valence-corrected chi connectivity index (χ1v) is 9.42. The lowest BCUT2D eigenvalue weighted by Gasteiger charge is -2.35. The third kappa shape index (κ3) is 4.48. The van der Waals surface area contributed by atoms with Crippen molar-refractivity contribution in [3.8, 4) is 0 Å². The second-order valence-corrected chi connectivity index (χ2v) is 6.79. The highest BCUT2D eigenvalue weighted by Gasteiger charge is 2.24. The Balaban J connectivity index is 1.45. The van der Waals surface area contributed by atoms with Crippen LogP contribution in [0.1, 0.15) is 16.3 Å². The van der Waals surface area contributed by atoms with Crippen LogP contribution < -0.4 is 10.2 Å². The van der Waals surface area contributed by atoms with Gasteiger partial charge in [0.15, 0.2) is 0 Å². The Morgan fingerprint density at radius 1 is 1.03 bits per heavy atom. The zero-order valence-corrected chi connectivity index (χ0v) is 16.0. The zero-order valence-electron chi connectivity index (χ0n) is 16.0. The van der Waals surface area contributed by atoms with Gasteiger partial charge in [-0.25, -0.2) is 19.3 Å². The van der Waals surface area contributed by atoms with Crippen LogP contribution in [0, 0.1) is 12.7 Å². The summed E-state index contributed by atoms with van der Waals surface area (Å²) in [5, 5.41) is 3.03. The first-order chi connectivity index (χ1) is 14.1. The Kier molecular flexibility index (Phi) is 5.33. The van der Waals surface area contributed by atoms with E-state index in [0.717, 1.165) is 5.82 Å². The quantitative estimate of drug-likeness (QED) is 0.736. The predicted octanol–water partition coefficient (Wildman–Crippen LogP) is 3.03. The van der Waals surface area contributed by atoms with Gasteiger partial charge in [-0.2, -0.15) is 0 Å². The van der Waals surface area contributed by atoms with Crippen LogP contribution in [0.2, 0.25) is 0 Å². The van der Waals surface area contributed by atoms with Gasteiger partial charge in [-0.1, -0.05) is 12.1 Å². The van der Waals surface area contributed by atoms with Crippen molar-refractivity contribution in [2.45, 2.75) is 6.92 Å². The smallest absolute Gasteiger partial charge is 0.272 e. The number of hydrogen-bond acceptors (Lipinski definition) is 6. The zero-order chi connectivity index (χ0) is 20.2. The summed E-state index contributed by atoms with van der Waals surface area (Å²) in [4.78, 5) is 29.9. The molecule has 3 heterocycles. The second-order valence-electron chi connectivity index (χ2n) is 6.79. The Hall–Kier alpha value is -3.55. The third-order valence-corrected chi connectivity index (χ3v) is 4.69. The molecule has 0 unspecified atom stereocenters. The van der Waals surface area contributed by atoms with Crippen molar-refractivity contribution in [2.75, 3.05) is 36.4 Å². The fourth-order valence-electron chi connectivity index (χ4n) is 3.30. The molecule has 1 amide bonds. The maximum atomic E-state index is 13.4. The minimum atomic E-state index is -0.345. The molecule has 1 N–H and O–H groups in total. The van der Waals surface area contributed by atoms with E-state index in [-0.39, 0.29) is 11.7 Å². The van der Waals surface area contributed by atoms with Crippen LogP contribution in [0.5, 0.6) is 0 Å². The molecule has 29 heavy (non-hydrogen) atoms. The lowest BCUT2D eigenvalue weighted by Crippen LogP contribution is -2.49. The van der Waals surface area contributed by atoms with Crippen LogP contribution in [0.15, 0.2) is 54.7 Å². The van der Waals surface area contributed by atoms with Crippen molar-refractivity contribution >= 4 is 23.2 Å². The summed E-state index contributed by atoms with van der Waals surface area (Å²) >= 11 is 0. The fourth-order valence-corrected chi connectivity index (χ4v) is 3.30. The molecule has 0 spiro atoms. The highest BCUT2D eigenvalue weighted by atomic mass is 19.1. The van der Waals surface area contributed by atoms with E-state index in [2.05, 4.69) is 25.2 Å². The SMILES string of the molecule is Cc1nc(Nc2cccc(F)c2)cc(C(=O)N2CCN(c3ccccn3)CC2)n1.